The summed E-state index contributed by atoms with van der Waals surface area (Å²) < 4.78 is 5.63. The highest BCUT2D eigenvalue weighted by Gasteiger charge is 2.15. The van der Waals surface area contributed by atoms with Gasteiger partial charge in [-0.25, -0.2) is 9.97 Å². The number of nitrogens with one attached hydrogen (secondary N) is 2. The van der Waals surface area contributed by atoms with Crippen LogP contribution in [0.4, 0.5) is 11.6 Å². The Morgan fingerprint density at radius 2 is 1.89 bits per heavy atom. The Morgan fingerprint density at radius 1 is 1.14 bits per heavy atom. The Labute approximate surface area is 166 Å². The molecule has 7 nitrogen and oxygen atoms in total. The highest BCUT2D eigenvalue weighted by molar-refractivity contribution is 5.80. The van der Waals surface area contributed by atoms with E-state index in [2.05, 4.69) is 25.5 Å². The van der Waals surface area contributed by atoms with Crippen LogP contribution in [0.1, 0.15) is 32.0 Å². The smallest absolute Gasteiger partial charge is 0.260 e. The number of para-hydroxylation sites is 1. The van der Waals surface area contributed by atoms with Crippen LogP contribution in [0.5, 0.6) is 5.75 Å². The fourth-order valence-electron chi connectivity index (χ4n) is 3.20. The molecule has 2 N–H and O–H groups in total. The third kappa shape index (κ3) is 5.84. The number of carbonyl (C=O) groups is 1. The van der Waals surface area contributed by atoms with Crippen molar-refractivity contribution in [3.63, 3.8) is 0 Å². The zero-order chi connectivity index (χ0) is 19.8. The summed E-state index contributed by atoms with van der Waals surface area (Å²) >= 11 is 0. The average Bonchev–Trinajstić information content (AvgIpc) is 2.72. The van der Waals surface area contributed by atoms with Crippen molar-refractivity contribution < 1.29 is 9.53 Å². The molecule has 1 saturated heterocycles. The van der Waals surface area contributed by atoms with Gasteiger partial charge in [-0.2, -0.15) is 0 Å². The number of ether oxygens (including phenoxy) is 1. The molecule has 1 amide bonds. The maximum atomic E-state index is 12.2. The summed E-state index contributed by atoms with van der Waals surface area (Å²) in [7, 11) is 0. The number of nitrogens with zero attached hydrogens (tertiary/aromatic N) is 3. The Kier molecular flexibility index (Phi) is 7.06. The lowest BCUT2D eigenvalue weighted by Gasteiger charge is -2.28. The van der Waals surface area contributed by atoms with E-state index in [9.17, 15) is 4.79 Å². The molecule has 0 aliphatic carbocycles. The second-order valence-corrected chi connectivity index (χ2v) is 7.00. The lowest BCUT2D eigenvalue weighted by Crippen LogP contribution is -2.38. The molecule has 1 aliphatic heterocycles. The minimum absolute atomic E-state index is 0.140. The Hall–Kier alpha value is -2.83. The van der Waals surface area contributed by atoms with Crippen LogP contribution in [0.25, 0.3) is 0 Å². The molecule has 0 radical (unpaired) electrons. The van der Waals surface area contributed by atoms with Crippen LogP contribution in [0.15, 0.2) is 36.4 Å². The van der Waals surface area contributed by atoms with Crippen molar-refractivity contribution in [1.29, 1.82) is 0 Å². The number of hydrogen-bond donors (Lipinski definition) is 2. The Balaban J connectivity index is 1.44. The Morgan fingerprint density at radius 3 is 2.64 bits per heavy atom. The summed E-state index contributed by atoms with van der Waals surface area (Å²) in [4.78, 5) is 23.5. The molecule has 1 unspecified atom stereocenters. The summed E-state index contributed by atoms with van der Waals surface area (Å²) in [5.74, 6) is 3.06. The molecule has 0 saturated carbocycles. The third-order valence-electron chi connectivity index (χ3n) is 4.66. The molecule has 2 aromatic rings. The molecule has 28 heavy (non-hydrogen) atoms. The number of rotatable bonds is 8. The molecule has 1 aromatic heterocycles. The predicted octanol–water partition coefficient (Wildman–Crippen LogP) is 2.77. The number of anilines is 2. The SMILES string of the molecule is Cc1nc(NCCNC(=O)C(C)Oc2ccccc2)cc(N2CCCCC2)n1. The Bertz CT molecular complexity index is 763. The van der Waals surface area contributed by atoms with E-state index in [1.165, 1.54) is 19.3 Å². The van der Waals surface area contributed by atoms with Gasteiger partial charge >= 0.3 is 0 Å². The van der Waals surface area contributed by atoms with Gasteiger partial charge in [-0.15, -0.1) is 0 Å². The maximum absolute atomic E-state index is 12.2. The first-order valence-corrected chi connectivity index (χ1v) is 9.96. The number of aromatic nitrogens is 2. The van der Waals surface area contributed by atoms with Gasteiger partial charge in [0.05, 0.1) is 0 Å². The van der Waals surface area contributed by atoms with Crippen molar-refractivity contribution in [3.8, 4) is 5.75 Å². The first kappa shape index (κ1) is 19.9. The van der Waals surface area contributed by atoms with Crippen molar-refractivity contribution in [1.82, 2.24) is 15.3 Å². The largest absolute Gasteiger partial charge is 0.481 e. The number of carbonyl (C=O) groups excluding carboxylic acids is 1. The van der Waals surface area contributed by atoms with Gasteiger partial charge in [-0.1, -0.05) is 18.2 Å². The first-order chi connectivity index (χ1) is 13.6. The quantitative estimate of drug-likeness (QED) is 0.683. The average molecular weight is 383 g/mol. The minimum Gasteiger partial charge on any atom is -0.481 e. The lowest BCUT2D eigenvalue weighted by molar-refractivity contribution is -0.127. The normalized spacial score (nSPS) is 15.0. The standard InChI is InChI=1S/C21H29N5O2/c1-16(28-18-9-5-3-6-10-18)21(27)23-12-11-22-19-15-20(25-17(2)24-19)26-13-7-4-8-14-26/h3,5-6,9-10,15-16H,4,7-8,11-14H2,1-2H3,(H,23,27)(H,22,24,25). The summed E-state index contributed by atoms with van der Waals surface area (Å²) in [5.41, 5.74) is 0. The van der Waals surface area contributed by atoms with E-state index in [-0.39, 0.29) is 5.91 Å². The van der Waals surface area contributed by atoms with Gasteiger partial charge in [-0.3, -0.25) is 4.79 Å². The van der Waals surface area contributed by atoms with E-state index in [1.807, 2.05) is 43.3 Å². The molecule has 0 spiro atoms. The number of amides is 1. The fourth-order valence-corrected chi connectivity index (χ4v) is 3.20. The molecule has 0 bridgehead atoms. The van der Waals surface area contributed by atoms with Gasteiger partial charge in [0, 0.05) is 32.2 Å². The van der Waals surface area contributed by atoms with Gasteiger partial charge < -0.3 is 20.3 Å². The molecule has 2 heterocycles. The first-order valence-electron chi connectivity index (χ1n) is 9.96. The molecule has 1 atom stereocenters. The van der Waals surface area contributed by atoms with Gasteiger partial charge in [0.2, 0.25) is 0 Å². The molecule has 3 rings (SSSR count). The molecule has 1 aliphatic rings. The van der Waals surface area contributed by atoms with Crippen LogP contribution >= 0.6 is 0 Å². The van der Waals surface area contributed by atoms with E-state index >= 15 is 0 Å². The summed E-state index contributed by atoms with van der Waals surface area (Å²) in [6, 6.07) is 11.3. The third-order valence-corrected chi connectivity index (χ3v) is 4.66. The van der Waals surface area contributed by atoms with Crippen molar-refractivity contribution >= 4 is 17.5 Å². The van der Waals surface area contributed by atoms with Gasteiger partial charge in [0.1, 0.15) is 23.2 Å². The molecular weight excluding hydrogens is 354 g/mol. The number of benzene rings is 1. The van der Waals surface area contributed by atoms with Gasteiger partial charge in [0.25, 0.3) is 5.91 Å². The number of piperidine rings is 1. The number of hydrogen-bond acceptors (Lipinski definition) is 6. The van der Waals surface area contributed by atoms with E-state index < -0.39 is 6.10 Å². The van der Waals surface area contributed by atoms with E-state index in [1.54, 1.807) is 6.92 Å². The predicted molar refractivity (Wildman–Crippen MR) is 111 cm³/mol. The van der Waals surface area contributed by atoms with E-state index in [4.69, 9.17) is 4.74 Å². The van der Waals surface area contributed by atoms with Crippen molar-refractivity contribution in [2.24, 2.45) is 0 Å². The topological polar surface area (TPSA) is 79.4 Å². The van der Waals surface area contributed by atoms with E-state index in [0.717, 1.165) is 30.5 Å². The highest BCUT2D eigenvalue weighted by atomic mass is 16.5. The number of aryl methyl sites for hydroxylation is 1. The van der Waals surface area contributed by atoms with Crippen molar-refractivity contribution in [2.45, 2.75) is 39.2 Å². The monoisotopic (exact) mass is 383 g/mol. The minimum atomic E-state index is -0.547. The zero-order valence-electron chi connectivity index (χ0n) is 16.6. The van der Waals surface area contributed by atoms with Crippen LogP contribution in [-0.2, 0) is 4.79 Å². The zero-order valence-corrected chi connectivity index (χ0v) is 16.6. The molecule has 1 aromatic carbocycles. The molecule has 150 valence electrons. The second-order valence-electron chi connectivity index (χ2n) is 7.00. The van der Waals surface area contributed by atoms with Crippen LogP contribution in [0.2, 0.25) is 0 Å². The highest BCUT2D eigenvalue weighted by Crippen LogP contribution is 2.20. The molecular formula is C21H29N5O2. The van der Waals surface area contributed by atoms with Crippen LogP contribution in [0.3, 0.4) is 0 Å². The maximum Gasteiger partial charge on any atom is 0.260 e. The van der Waals surface area contributed by atoms with Crippen molar-refractivity contribution in [3.05, 3.63) is 42.2 Å². The van der Waals surface area contributed by atoms with E-state index in [0.29, 0.717) is 18.8 Å². The lowest BCUT2D eigenvalue weighted by atomic mass is 10.1. The van der Waals surface area contributed by atoms with Crippen LogP contribution < -0.4 is 20.3 Å². The van der Waals surface area contributed by atoms with Gasteiger partial charge in [-0.05, 0) is 45.2 Å². The van der Waals surface area contributed by atoms with Crippen LogP contribution in [-0.4, -0.2) is 48.2 Å². The van der Waals surface area contributed by atoms with Crippen LogP contribution in [0, 0.1) is 6.92 Å². The fraction of sp³-hybridized carbons (Fsp3) is 0.476. The second kappa shape index (κ2) is 9.92. The molecule has 7 heteroatoms. The van der Waals surface area contributed by atoms with Crippen molar-refractivity contribution in [2.75, 3.05) is 36.4 Å². The summed E-state index contributed by atoms with van der Waals surface area (Å²) in [6.45, 7) is 6.82. The summed E-state index contributed by atoms with van der Waals surface area (Å²) in [6.07, 6.45) is 3.16. The summed E-state index contributed by atoms with van der Waals surface area (Å²) in [5, 5.41) is 6.16. The van der Waals surface area contributed by atoms with Gasteiger partial charge in [0.15, 0.2) is 6.10 Å². The molecule has 1 fully saturated rings.